The zero-order chi connectivity index (χ0) is 10.6. The summed E-state index contributed by atoms with van der Waals surface area (Å²) in [6, 6.07) is -0.408. The number of nitrogens with zero attached hydrogens (tertiary/aromatic N) is 2. The van der Waals surface area contributed by atoms with Gasteiger partial charge in [0.1, 0.15) is 6.04 Å². The van der Waals surface area contributed by atoms with E-state index in [1.165, 1.54) is 11.3 Å². The largest absolute Gasteiger partial charge is 0.464 e. The summed E-state index contributed by atoms with van der Waals surface area (Å²) in [6.45, 7) is 3.87. The molecular weight excluding hydrogens is 270 g/mol. The highest BCUT2D eigenvalue weighted by atomic mass is 79.9. The summed E-state index contributed by atoms with van der Waals surface area (Å²) >= 11 is 4.51. The van der Waals surface area contributed by atoms with Crippen LogP contribution in [0.5, 0.6) is 0 Å². The summed E-state index contributed by atoms with van der Waals surface area (Å²) < 4.78 is 5.50. The molecule has 1 atom stereocenters. The minimum absolute atomic E-state index is 0.293. The number of anilines is 1. The molecule has 1 N–H and O–H groups in total. The van der Waals surface area contributed by atoms with Crippen LogP contribution in [-0.2, 0) is 9.53 Å². The van der Waals surface area contributed by atoms with Crippen molar-refractivity contribution < 1.29 is 9.53 Å². The van der Waals surface area contributed by atoms with E-state index in [-0.39, 0.29) is 5.97 Å². The van der Waals surface area contributed by atoms with Crippen LogP contribution in [0.3, 0.4) is 0 Å². The number of aromatic nitrogens is 2. The molecule has 1 unspecified atom stereocenters. The summed E-state index contributed by atoms with van der Waals surface area (Å²) in [5.74, 6) is -0.293. The van der Waals surface area contributed by atoms with E-state index in [2.05, 4.69) is 31.4 Å². The summed E-state index contributed by atoms with van der Waals surface area (Å²) in [6.07, 6.45) is 0. The Morgan fingerprint density at radius 3 is 2.93 bits per heavy atom. The first-order chi connectivity index (χ1) is 6.63. The first-order valence-corrected chi connectivity index (χ1v) is 5.66. The smallest absolute Gasteiger partial charge is 0.328 e. The second kappa shape index (κ2) is 5.26. The number of hydrogen-bond donors (Lipinski definition) is 1. The van der Waals surface area contributed by atoms with E-state index in [0.717, 1.165) is 0 Å². The quantitative estimate of drug-likeness (QED) is 0.850. The van der Waals surface area contributed by atoms with E-state index >= 15 is 0 Å². The Balaban J connectivity index is 2.48. The van der Waals surface area contributed by atoms with Crippen molar-refractivity contribution in [3.05, 3.63) is 3.92 Å². The van der Waals surface area contributed by atoms with Crippen molar-refractivity contribution in [3.63, 3.8) is 0 Å². The molecule has 0 radical (unpaired) electrons. The molecule has 0 aliphatic rings. The fraction of sp³-hybridized carbons (Fsp3) is 0.571. The van der Waals surface area contributed by atoms with E-state index in [0.29, 0.717) is 15.7 Å². The molecule has 0 aliphatic heterocycles. The average Bonchev–Trinajstić information content (AvgIpc) is 2.51. The van der Waals surface area contributed by atoms with Gasteiger partial charge in [0.05, 0.1) is 6.61 Å². The Morgan fingerprint density at radius 1 is 1.71 bits per heavy atom. The molecule has 78 valence electrons. The van der Waals surface area contributed by atoms with Crippen LogP contribution in [-0.4, -0.2) is 28.8 Å². The number of nitrogens with one attached hydrogen (secondary N) is 1. The molecule has 0 bridgehead atoms. The van der Waals surface area contributed by atoms with Gasteiger partial charge in [0.15, 0.2) is 3.92 Å². The number of hydrogen-bond acceptors (Lipinski definition) is 6. The van der Waals surface area contributed by atoms with Crippen LogP contribution >= 0.6 is 27.3 Å². The molecule has 0 aromatic carbocycles. The van der Waals surface area contributed by atoms with E-state index in [4.69, 9.17) is 4.74 Å². The lowest BCUT2D eigenvalue weighted by atomic mass is 10.3. The van der Waals surface area contributed by atoms with Crippen LogP contribution in [0.25, 0.3) is 0 Å². The lowest BCUT2D eigenvalue weighted by molar-refractivity contribution is -0.143. The van der Waals surface area contributed by atoms with Crippen molar-refractivity contribution in [1.29, 1.82) is 0 Å². The summed E-state index contributed by atoms with van der Waals surface area (Å²) in [7, 11) is 0. The number of rotatable bonds is 4. The topological polar surface area (TPSA) is 64.1 Å². The predicted octanol–water partition coefficient (Wildman–Crippen LogP) is 1.66. The van der Waals surface area contributed by atoms with Gasteiger partial charge < -0.3 is 10.1 Å². The Labute approximate surface area is 94.0 Å². The molecular formula is C7H10BrN3O2S. The van der Waals surface area contributed by atoms with Gasteiger partial charge in [-0.05, 0) is 29.8 Å². The summed E-state index contributed by atoms with van der Waals surface area (Å²) in [5.41, 5.74) is 0. The molecule has 1 aromatic rings. The molecule has 14 heavy (non-hydrogen) atoms. The third-order valence-electron chi connectivity index (χ3n) is 1.38. The normalized spacial score (nSPS) is 12.2. The minimum atomic E-state index is -0.408. The van der Waals surface area contributed by atoms with E-state index in [9.17, 15) is 4.79 Å². The number of carbonyl (C=O) groups is 1. The van der Waals surface area contributed by atoms with Gasteiger partial charge >= 0.3 is 5.97 Å². The van der Waals surface area contributed by atoms with Crippen LogP contribution < -0.4 is 5.32 Å². The minimum Gasteiger partial charge on any atom is -0.464 e. The highest BCUT2D eigenvalue weighted by Crippen LogP contribution is 2.20. The average molecular weight is 280 g/mol. The van der Waals surface area contributed by atoms with Crippen LogP contribution in [0, 0.1) is 0 Å². The molecule has 0 saturated carbocycles. The molecule has 0 aliphatic carbocycles. The third-order valence-corrected chi connectivity index (χ3v) is 2.67. The number of ether oxygens (including phenoxy) is 1. The second-order valence-electron chi connectivity index (χ2n) is 2.48. The van der Waals surface area contributed by atoms with E-state index in [1.54, 1.807) is 13.8 Å². The maximum atomic E-state index is 11.2. The monoisotopic (exact) mass is 279 g/mol. The molecule has 5 nitrogen and oxygen atoms in total. The number of halogens is 1. The third kappa shape index (κ3) is 3.22. The maximum absolute atomic E-state index is 11.2. The van der Waals surface area contributed by atoms with Gasteiger partial charge in [0.2, 0.25) is 5.13 Å². The lowest BCUT2D eigenvalue weighted by Gasteiger charge is -2.10. The molecule has 1 heterocycles. The van der Waals surface area contributed by atoms with Crippen LogP contribution in [0.4, 0.5) is 5.13 Å². The summed E-state index contributed by atoms with van der Waals surface area (Å²) in [5, 5.41) is 11.0. The van der Waals surface area contributed by atoms with Crippen molar-refractivity contribution >= 4 is 38.4 Å². The van der Waals surface area contributed by atoms with Gasteiger partial charge in [-0.2, -0.15) is 0 Å². The standard InChI is InChI=1S/C7H10BrN3O2S/c1-3-13-5(12)4(2)9-7-11-10-6(8)14-7/h4H,3H2,1-2H3,(H,9,11). The van der Waals surface area contributed by atoms with Crippen molar-refractivity contribution in [3.8, 4) is 0 Å². The zero-order valence-electron chi connectivity index (χ0n) is 7.78. The lowest BCUT2D eigenvalue weighted by Crippen LogP contribution is -2.28. The van der Waals surface area contributed by atoms with Gasteiger partial charge in [0, 0.05) is 0 Å². The fourth-order valence-electron chi connectivity index (χ4n) is 0.775. The van der Waals surface area contributed by atoms with Crippen LogP contribution in [0.15, 0.2) is 3.92 Å². The zero-order valence-corrected chi connectivity index (χ0v) is 10.2. The summed E-state index contributed by atoms with van der Waals surface area (Å²) in [4.78, 5) is 11.2. The predicted molar refractivity (Wildman–Crippen MR) is 57.3 cm³/mol. The molecule has 1 aromatic heterocycles. The number of esters is 1. The first kappa shape index (κ1) is 11.4. The fourth-order valence-corrected chi connectivity index (χ4v) is 1.87. The highest BCUT2D eigenvalue weighted by Gasteiger charge is 2.15. The van der Waals surface area contributed by atoms with Crippen molar-refractivity contribution in [1.82, 2.24) is 10.2 Å². The van der Waals surface area contributed by atoms with Crippen molar-refractivity contribution in [2.45, 2.75) is 19.9 Å². The molecule has 0 saturated heterocycles. The van der Waals surface area contributed by atoms with Gasteiger partial charge in [-0.1, -0.05) is 11.3 Å². The van der Waals surface area contributed by atoms with Crippen LogP contribution in [0.1, 0.15) is 13.8 Å². The highest BCUT2D eigenvalue weighted by molar-refractivity contribution is 9.11. The van der Waals surface area contributed by atoms with Crippen LogP contribution in [0.2, 0.25) is 0 Å². The van der Waals surface area contributed by atoms with Gasteiger partial charge in [-0.3, -0.25) is 0 Å². The van der Waals surface area contributed by atoms with E-state index in [1.807, 2.05) is 0 Å². The van der Waals surface area contributed by atoms with Crippen molar-refractivity contribution in [2.75, 3.05) is 11.9 Å². The first-order valence-electron chi connectivity index (χ1n) is 4.05. The molecule has 0 fully saturated rings. The Morgan fingerprint density at radius 2 is 2.43 bits per heavy atom. The van der Waals surface area contributed by atoms with Gasteiger partial charge in [0.25, 0.3) is 0 Å². The van der Waals surface area contributed by atoms with E-state index < -0.39 is 6.04 Å². The Kier molecular flexibility index (Phi) is 4.27. The van der Waals surface area contributed by atoms with Crippen molar-refractivity contribution in [2.24, 2.45) is 0 Å². The molecule has 0 spiro atoms. The Hall–Kier alpha value is -0.690. The second-order valence-corrected chi connectivity index (χ2v) is 4.73. The van der Waals surface area contributed by atoms with Gasteiger partial charge in [-0.15, -0.1) is 10.2 Å². The number of carbonyl (C=O) groups excluding carboxylic acids is 1. The Bertz CT molecular complexity index is 318. The SMILES string of the molecule is CCOC(=O)C(C)Nc1nnc(Br)s1. The van der Waals surface area contributed by atoms with Gasteiger partial charge in [-0.25, -0.2) is 4.79 Å². The maximum Gasteiger partial charge on any atom is 0.328 e. The molecule has 1 rings (SSSR count). The molecule has 0 amide bonds. The molecule has 7 heteroatoms.